The summed E-state index contributed by atoms with van der Waals surface area (Å²) in [5, 5.41) is 2.54. The maximum Gasteiger partial charge on any atom is 0.386 e. The zero-order valence-corrected chi connectivity index (χ0v) is 16.9. The Balaban J connectivity index is 0. The van der Waals surface area contributed by atoms with E-state index in [0.29, 0.717) is 11.0 Å². The van der Waals surface area contributed by atoms with Gasteiger partial charge in [0.25, 0.3) is 0 Å². The number of nitrogens with one attached hydrogen (secondary N) is 1. The molecule has 25 heavy (non-hydrogen) atoms. The molecule has 0 aromatic heterocycles. The fourth-order valence-electron chi connectivity index (χ4n) is 1.33. The quantitative estimate of drug-likeness (QED) is 0.489. The lowest BCUT2D eigenvalue weighted by molar-refractivity contribution is -0.119. The molecule has 0 aliphatic heterocycles. The third-order valence-corrected chi connectivity index (χ3v) is 2.73. The van der Waals surface area contributed by atoms with Crippen molar-refractivity contribution in [2.24, 2.45) is 4.99 Å². The summed E-state index contributed by atoms with van der Waals surface area (Å²) in [5.41, 5.74) is 3.49. The average molecular weight is 423 g/mol. The molecule has 0 atom stereocenters. The second kappa shape index (κ2) is 13.6. The normalized spacial score (nSPS) is 10.7. The molecule has 7 heteroatoms. The molecule has 0 heterocycles. The number of halogens is 4. The number of benzene rings is 1. The van der Waals surface area contributed by atoms with Crippen LogP contribution < -0.4 is 5.32 Å². The predicted octanol–water partition coefficient (Wildman–Crippen LogP) is 5.71. The lowest BCUT2D eigenvalue weighted by Gasteiger charge is -2.01. The number of aliphatic imine (C=N–C) groups is 1. The number of rotatable bonds is 4. The summed E-state index contributed by atoms with van der Waals surface area (Å²) in [6.45, 7) is 9.91. The van der Waals surface area contributed by atoms with Gasteiger partial charge in [0.05, 0.1) is 11.0 Å². The smallest absolute Gasteiger partial charge is 0.359 e. The first kappa shape index (κ1) is 25.6. The first-order valence-corrected chi connectivity index (χ1v) is 8.39. The first-order chi connectivity index (χ1) is 11.4. The number of nitrogens with zero attached hydrogens (tertiary/aromatic N) is 1. The lowest BCUT2D eigenvalue weighted by Crippen LogP contribution is -2.20. The molecule has 1 N–H and O–H groups in total. The second-order valence-electron chi connectivity index (χ2n) is 5.19. The van der Waals surface area contributed by atoms with Crippen LogP contribution in [0.2, 0.25) is 0 Å². The molecule has 0 aliphatic rings. The van der Waals surface area contributed by atoms with Crippen molar-refractivity contribution in [1.29, 1.82) is 0 Å². The van der Waals surface area contributed by atoms with Crippen LogP contribution in [-0.2, 0) is 4.79 Å². The van der Waals surface area contributed by atoms with Gasteiger partial charge in [0.1, 0.15) is 0 Å². The highest BCUT2D eigenvalue weighted by atomic mass is 79.9. The van der Waals surface area contributed by atoms with Crippen LogP contribution in [0.1, 0.15) is 37.8 Å². The summed E-state index contributed by atoms with van der Waals surface area (Å²) in [6, 6.07) is 8.48. The molecule has 0 saturated carbocycles. The lowest BCUT2D eigenvalue weighted by atomic mass is 10.2. The molecule has 0 saturated heterocycles. The van der Waals surface area contributed by atoms with Crippen LogP contribution >= 0.6 is 15.9 Å². The Kier molecular flexibility index (Phi) is 14.0. The number of alkyl halides is 3. The first-order valence-electron chi connectivity index (χ1n) is 7.60. The van der Waals surface area contributed by atoms with E-state index in [0.717, 1.165) is 12.1 Å². The number of carbonyl (C=O) groups is 1. The van der Waals surface area contributed by atoms with Gasteiger partial charge in [0.2, 0.25) is 5.91 Å². The Bertz CT molecular complexity index is 525. The molecule has 0 unspecified atom stereocenters. The van der Waals surface area contributed by atoms with Gasteiger partial charge in [-0.15, -0.1) is 0 Å². The topological polar surface area (TPSA) is 41.5 Å². The van der Waals surface area contributed by atoms with Gasteiger partial charge in [-0.2, -0.15) is 13.2 Å². The van der Waals surface area contributed by atoms with E-state index in [-0.39, 0.29) is 12.8 Å². The van der Waals surface area contributed by atoms with Crippen LogP contribution in [0.4, 0.5) is 13.2 Å². The average Bonchev–Trinajstić information content (AvgIpc) is 2.48. The van der Waals surface area contributed by atoms with Crippen molar-refractivity contribution in [3.8, 4) is 0 Å². The number of amides is 1. The predicted molar refractivity (Wildman–Crippen MR) is 102 cm³/mol. The molecule has 1 amide bonds. The Morgan fingerprint density at radius 3 is 1.80 bits per heavy atom. The van der Waals surface area contributed by atoms with Gasteiger partial charge in [-0.1, -0.05) is 48.9 Å². The van der Waals surface area contributed by atoms with Crippen molar-refractivity contribution in [1.82, 2.24) is 5.32 Å². The maximum absolute atomic E-state index is 10.9. The van der Waals surface area contributed by atoms with Crippen molar-refractivity contribution in [2.45, 2.75) is 46.7 Å². The molecular formula is C18H26BrF3N2O. The van der Waals surface area contributed by atoms with Crippen molar-refractivity contribution >= 4 is 27.5 Å². The molecule has 3 nitrogen and oxygen atoms in total. The Morgan fingerprint density at radius 2 is 1.56 bits per heavy atom. The van der Waals surface area contributed by atoms with Gasteiger partial charge in [-0.05, 0) is 36.2 Å². The second-order valence-corrected chi connectivity index (χ2v) is 6.11. The standard InChI is InChI=1S/C8H13BrN2O.C8H10.C2H3F3/c1-4-7(11-6(2)9)5-8(12)10-3;1-7-3-5-8(2)6-4-7;1-2(3,4)5/h2,4-5H2,1,3H3,(H,10,12);3-6H,1-2H3;1H3/b11-7+;;. The minimum absolute atomic E-state index is 0.0237. The maximum atomic E-state index is 10.9. The van der Waals surface area contributed by atoms with Gasteiger partial charge in [-0.3, -0.25) is 9.79 Å². The molecule has 0 aliphatic carbocycles. The molecule has 1 aromatic carbocycles. The summed E-state index contributed by atoms with van der Waals surface area (Å²) < 4.78 is 31.6. The number of hydrogen-bond acceptors (Lipinski definition) is 2. The molecule has 1 aromatic rings. The number of aryl methyl sites for hydroxylation is 2. The van der Waals surface area contributed by atoms with Crippen molar-refractivity contribution in [3.05, 3.63) is 46.6 Å². The van der Waals surface area contributed by atoms with Gasteiger partial charge in [-0.25, -0.2) is 0 Å². The van der Waals surface area contributed by atoms with Gasteiger partial charge < -0.3 is 5.32 Å². The van der Waals surface area contributed by atoms with Crippen molar-refractivity contribution in [3.63, 3.8) is 0 Å². The molecular weight excluding hydrogens is 397 g/mol. The summed E-state index contributed by atoms with van der Waals surface area (Å²) >= 11 is 3.11. The van der Waals surface area contributed by atoms with Gasteiger partial charge in [0, 0.05) is 19.7 Å². The monoisotopic (exact) mass is 422 g/mol. The van der Waals surface area contributed by atoms with E-state index in [1.165, 1.54) is 11.1 Å². The van der Waals surface area contributed by atoms with Crippen LogP contribution in [0.5, 0.6) is 0 Å². The molecule has 0 fully saturated rings. The van der Waals surface area contributed by atoms with E-state index in [1.54, 1.807) is 7.05 Å². The van der Waals surface area contributed by atoms with Crippen LogP contribution in [0, 0.1) is 13.8 Å². The fourth-order valence-corrected chi connectivity index (χ4v) is 1.58. The van der Waals surface area contributed by atoms with Gasteiger partial charge in [0.15, 0.2) is 0 Å². The van der Waals surface area contributed by atoms with E-state index in [4.69, 9.17) is 0 Å². The minimum atomic E-state index is -4.00. The molecule has 0 radical (unpaired) electrons. The Morgan fingerprint density at radius 1 is 1.20 bits per heavy atom. The van der Waals surface area contributed by atoms with Gasteiger partial charge >= 0.3 is 6.18 Å². The summed E-state index contributed by atoms with van der Waals surface area (Å²) in [5.74, 6) is -0.0237. The summed E-state index contributed by atoms with van der Waals surface area (Å²) in [6.07, 6.45) is -2.89. The fraction of sp³-hybridized carbons (Fsp3) is 0.444. The van der Waals surface area contributed by atoms with E-state index in [2.05, 4.69) is 70.9 Å². The highest BCUT2D eigenvalue weighted by molar-refractivity contribution is 9.11. The van der Waals surface area contributed by atoms with E-state index in [9.17, 15) is 18.0 Å². The minimum Gasteiger partial charge on any atom is -0.359 e. The largest absolute Gasteiger partial charge is 0.386 e. The Hall–Kier alpha value is -1.63. The summed E-state index contributed by atoms with van der Waals surface area (Å²) in [7, 11) is 1.61. The summed E-state index contributed by atoms with van der Waals surface area (Å²) in [4.78, 5) is 15.0. The molecule has 0 bridgehead atoms. The zero-order chi connectivity index (χ0) is 20.0. The van der Waals surface area contributed by atoms with Crippen LogP contribution in [0.15, 0.2) is 40.4 Å². The third kappa shape index (κ3) is 22.4. The van der Waals surface area contributed by atoms with E-state index < -0.39 is 6.18 Å². The number of carbonyl (C=O) groups excluding carboxylic acids is 1. The van der Waals surface area contributed by atoms with Crippen molar-refractivity contribution in [2.75, 3.05) is 7.05 Å². The molecule has 0 spiro atoms. The van der Waals surface area contributed by atoms with E-state index in [1.807, 2.05) is 6.92 Å². The number of hydrogen-bond donors (Lipinski definition) is 1. The van der Waals surface area contributed by atoms with Crippen LogP contribution in [0.3, 0.4) is 0 Å². The Labute approximate surface area is 156 Å². The molecule has 142 valence electrons. The molecule has 1 rings (SSSR count). The third-order valence-electron chi connectivity index (χ3n) is 2.55. The van der Waals surface area contributed by atoms with E-state index >= 15 is 0 Å². The SMILES string of the molecule is C=C(Br)/N=C(\CC)CC(=O)NC.CC(F)(F)F.Cc1ccc(C)cc1. The van der Waals surface area contributed by atoms with Crippen LogP contribution in [-0.4, -0.2) is 24.8 Å². The highest BCUT2D eigenvalue weighted by Gasteiger charge is 2.15. The van der Waals surface area contributed by atoms with Crippen molar-refractivity contribution < 1.29 is 18.0 Å². The zero-order valence-electron chi connectivity index (χ0n) is 15.3. The van der Waals surface area contributed by atoms with Crippen LogP contribution in [0.25, 0.3) is 0 Å². The highest BCUT2D eigenvalue weighted by Crippen LogP contribution is 2.10.